The standard InChI is InChI=1S/C21H17F3N4O/c22-21(23,24)19(29)27-11-10-20-15-8-4-5-9-16(15)28(13-14-6-2-1-3-7-14)17(20)12-25-26-18(20)27/h1-9,12,17H,10-11,13H2. The van der Waals surface area contributed by atoms with E-state index in [1.165, 1.54) is 0 Å². The van der Waals surface area contributed by atoms with E-state index in [9.17, 15) is 18.0 Å². The van der Waals surface area contributed by atoms with E-state index in [0.29, 0.717) is 13.0 Å². The second-order valence-electron chi connectivity index (χ2n) is 7.44. The van der Waals surface area contributed by atoms with Crippen LogP contribution < -0.4 is 4.90 Å². The number of nitrogens with zero attached hydrogens (tertiary/aromatic N) is 4. The zero-order chi connectivity index (χ0) is 20.2. The first-order valence-corrected chi connectivity index (χ1v) is 9.33. The van der Waals surface area contributed by atoms with E-state index in [1.54, 1.807) is 6.21 Å². The summed E-state index contributed by atoms with van der Waals surface area (Å²) >= 11 is 0. The van der Waals surface area contributed by atoms with E-state index in [4.69, 9.17) is 0 Å². The number of carbonyl (C=O) groups excluding carboxylic acids is 1. The summed E-state index contributed by atoms with van der Waals surface area (Å²) in [5, 5.41) is 8.05. The molecule has 8 heteroatoms. The van der Waals surface area contributed by atoms with Crippen molar-refractivity contribution in [3.8, 4) is 0 Å². The fourth-order valence-electron chi connectivity index (χ4n) is 4.77. The lowest BCUT2D eigenvalue weighted by Crippen LogP contribution is -2.54. The molecule has 1 saturated heterocycles. The van der Waals surface area contributed by atoms with Gasteiger partial charge in [0.05, 0.1) is 17.7 Å². The Bertz CT molecular complexity index is 1030. The molecule has 0 radical (unpaired) electrons. The number of halogens is 3. The third-order valence-corrected chi connectivity index (χ3v) is 5.96. The minimum atomic E-state index is -4.95. The maximum atomic E-state index is 13.2. The summed E-state index contributed by atoms with van der Waals surface area (Å²) in [5.74, 6) is -1.79. The zero-order valence-electron chi connectivity index (χ0n) is 15.3. The van der Waals surface area contributed by atoms with Gasteiger partial charge < -0.3 is 4.90 Å². The Kier molecular flexibility index (Phi) is 3.81. The summed E-state index contributed by atoms with van der Waals surface area (Å²) < 4.78 is 39.5. The second-order valence-corrected chi connectivity index (χ2v) is 7.44. The van der Waals surface area contributed by atoms with Gasteiger partial charge in [0.25, 0.3) is 0 Å². The highest BCUT2D eigenvalue weighted by molar-refractivity contribution is 6.12. The molecule has 3 aliphatic rings. The van der Waals surface area contributed by atoms with E-state index in [2.05, 4.69) is 15.1 Å². The molecule has 0 saturated carbocycles. The first-order chi connectivity index (χ1) is 13.9. The Morgan fingerprint density at radius 1 is 1.10 bits per heavy atom. The number of fused-ring (bicyclic) bond motifs is 1. The Morgan fingerprint density at radius 3 is 2.59 bits per heavy atom. The van der Waals surface area contributed by atoms with Crippen LogP contribution >= 0.6 is 0 Å². The molecule has 2 atom stereocenters. The quantitative estimate of drug-likeness (QED) is 0.778. The Balaban J connectivity index is 1.61. The van der Waals surface area contributed by atoms with Crippen LogP contribution in [0.25, 0.3) is 0 Å². The average molecular weight is 398 g/mol. The van der Waals surface area contributed by atoms with Gasteiger partial charge in [-0.1, -0.05) is 48.5 Å². The van der Waals surface area contributed by atoms with Gasteiger partial charge in [0.15, 0.2) is 0 Å². The monoisotopic (exact) mass is 398 g/mol. The van der Waals surface area contributed by atoms with Crippen molar-refractivity contribution in [1.82, 2.24) is 4.90 Å². The van der Waals surface area contributed by atoms with Crippen molar-refractivity contribution < 1.29 is 18.0 Å². The van der Waals surface area contributed by atoms with Crippen LogP contribution in [0.5, 0.6) is 0 Å². The van der Waals surface area contributed by atoms with Crippen LogP contribution in [-0.4, -0.2) is 41.6 Å². The molecule has 5 rings (SSSR count). The number of hydrogen-bond donors (Lipinski definition) is 0. The van der Waals surface area contributed by atoms with Crippen LogP contribution in [0.3, 0.4) is 0 Å². The number of para-hydroxylation sites is 1. The molecule has 2 aromatic carbocycles. The summed E-state index contributed by atoms with van der Waals surface area (Å²) in [6, 6.07) is 17.2. The van der Waals surface area contributed by atoms with Gasteiger partial charge in [-0.2, -0.15) is 18.3 Å². The van der Waals surface area contributed by atoms with Gasteiger partial charge in [0.2, 0.25) is 0 Å². The lowest BCUT2D eigenvalue weighted by molar-refractivity contribution is -0.180. The zero-order valence-corrected chi connectivity index (χ0v) is 15.3. The van der Waals surface area contributed by atoms with Crippen molar-refractivity contribution in [2.45, 2.75) is 30.6 Å². The molecule has 0 aromatic heterocycles. The fourth-order valence-corrected chi connectivity index (χ4v) is 4.77. The Morgan fingerprint density at radius 2 is 1.83 bits per heavy atom. The SMILES string of the molecule is O=C(N1CCC23C1=NN=CC2N(Cc1ccccc1)c1ccccc13)C(F)(F)F. The number of amidine groups is 1. The summed E-state index contributed by atoms with van der Waals surface area (Å²) in [5.41, 5.74) is 2.10. The van der Waals surface area contributed by atoms with Crippen LogP contribution in [0, 0.1) is 0 Å². The van der Waals surface area contributed by atoms with Crippen LogP contribution in [0.2, 0.25) is 0 Å². The molecule has 0 bridgehead atoms. The lowest BCUT2D eigenvalue weighted by Gasteiger charge is -2.36. The van der Waals surface area contributed by atoms with Crippen molar-refractivity contribution in [3.63, 3.8) is 0 Å². The summed E-state index contributed by atoms with van der Waals surface area (Å²) in [6.07, 6.45) is -2.90. The Hall–Kier alpha value is -3.16. The van der Waals surface area contributed by atoms with Gasteiger partial charge in [0.1, 0.15) is 5.84 Å². The molecular formula is C21H17F3N4O. The highest BCUT2D eigenvalue weighted by atomic mass is 19.4. The van der Waals surface area contributed by atoms with E-state index in [0.717, 1.165) is 21.7 Å². The molecule has 3 heterocycles. The van der Waals surface area contributed by atoms with Crippen molar-refractivity contribution in [3.05, 3.63) is 65.7 Å². The van der Waals surface area contributed by atoms with Crippen molar-refractivity contribution in [2.24, 2.45) is 10.2 Å². The normalized spacial score (nSPS) is 24.8. The molecule has 0 N–H and O–H groups in total. The molecule has 2 unspecified atom stereocenters. The number of carbonyl (C=O) groups is 1. The molecule has 1 spiro atoms. The predicted octanol–water partition coefficient (Wildman–Crippen LogP) is 3.51. The van der Waals surface area contributed by atoms with E-state index < -0.39 is 17.5 Å². The van der Waals surface area contributed by atoms with E-state index in [1.807, 2.05) is 54.6 Å². The predicted molar refractivity (Wildman–Crippen MR) is 103 cm³/mol. The van der Waals surface area contributed by atoms with Crippen LogP contribution in [-0.2, 0) is 16.8 Å². The second kappa shape index (κ2) is 6.17. The molecule has 2 aromatic rings. The minimum absolute atomic E-state index is 0.0372. The lowest BCUT2D eigenvalue weighted by atomic mass is 9.74. The summed E-state index contributed by atoms with van der Waals surface area (Å²) in [6.45, 7) is 0.543. The maximum Gasteiger partial charge on any atom is 0.471 e. The van der Waals surface area contributed by atoms with Crippen LogP contribution in [0.4, 0.5) is 18.9 Å². The third kappa shape index (κ3) is 2.51. The molecule has 3 aliphatic heterocycles. The van der Waals surface area contributed by atoms with Gasteiger partial charge in [-0.3, -0.25) is 9.69 Å². The van der Waals surface area contributed by atoms with Crippen LogP contribution in [0.15, 0.2) is 64.8 Å². The highest BCUT2D eigenvalue weighted by Gasteiger charge is 2.62. The molecular weight excluding hydrogens is 381 g/mol. The largest absolute Gasteiger partial charge is 0.471 e. The molecule has 1 amide bonds. The highest BCUT2D eigenvalue weighted by Crippen LogP contribution is 2.53. The average Bonchev–Trinajstić information content (AvgIpc) is 3.23. The molecule has 29 heavy (non-hydrogen) atoms. The summed E-state index contributed by atoms with van der Waals surface area (Å²) in [7, 11) is 0. The minimum Gasteiger partial charge on any atom is -0.358 e. The summed E-state index contributed by atoms with van der Waals surface area (Å²) in [4.78, 5) is 14.9. The van der Waals surface area contributed by atoms with Gasteiger partial charge in [0, 0.05) is 18.8 Å². The van der Waals surface area contributed by atoms with Crippen molar-refractivity contribution in [1.29, 1.82) is 0 Å². The molecule has 5 nitrogen and oxygen atoms in total. The van der Waals surface area contributed by atoms with E-state index >= 15 is 0 Å². The fraction of sp³-hybridized carbons (Fsp3) is 0.286. The molecule has 148 valence electrons. The number of rotatable bonds is 2. The Labute approximate surface area is 165 Å². The number of amides is 1. The smallest absolute Gasteiger partial charge is 0.358 e. The number of anilines is 1. The maximum absolute atomic E-state index is 13.2. The van der Waals surface area contributed by atoms with E-state index in [-0.39, 0.29) is 18.4 Å². The van der Waals surface area contributed by atoms with Crippen LogP contribution in [0.1, 0.15) is 17.5 Å². The van der Waals surface area contributed by atoms with Gasteiger partial charge >= 0.3 is 12.1 Å². The van der Waals surface area contributed by atoms with Gasteiger partial charge in [-0.05, 0) is 23.6 Å². The number of alkyl halides is 3. The van der Waals surface area contributed by atoms with Gasteiger partial charge in [-0.15, -0.1) is 5.10 Å². The number of hydrogen-bond acceptors (Lipinski definition) is 4. The first-order valence-electron chi connectivity index (χ1n) is 9.33. The van der Waals surface area contributed by atoms with Gasteiger partial charge in [-0.25, -0.2) is 0 Å². The van der Waals surface area contributed by atoms with Crippen molar-refractivity contribution in [2.75, 3.05) is 11.4 Å². The number of likely N-dealkylation sites (tertiary alicyclic amines) is 1. The first kappa shape index (κ1) is 17.9. The third-order valence-electron chi connectivity index (χ3n) is 5.96. The topological polar surface area (TPSA) is 48.3 Å². The molecule has 1 fully saturated rings. The van der Waals surface area contributed by atoms with Crippen molar-refractivity contribution >= 4 is 23.6 Å². The number of benzene rings is 2. The molecule has 0 aliphatic carbocycles.